The van der Waals surface area contributed by atoms with E-state index in [-0.39, 0.29) is 0 Å². The zero-order valence-corrected chi connectivity index (χ0v) is 26.3. The monoisotopic (exact) mass is 550 g/mol. The van der Waals surface area contributed by atoms with Gasteiger partial charge >= 0.3 is 0 Å². The summed E-state index contributed by atoms with van der Waals surface area (Å²) in [7, 11) is 2.31. The molecule has 3 heteroatoms. The van der Waals surface area contributed by atoms with Gasteiger partial charge < -0.3 is 9.47 Å². The predicted molar refractivity (Wildman–Crippen MR) is 170 cm³/mol. The van der Waals surface area contributed by atoms with Gasteiger partial charge in [-0.2, -0.15) is 0 Å². The van der Waals surface area contributed by atoms with Gasteiger partial charge in [-0.05, 0) is 110 Å². The van der Waals surface area contributed by atoms with Gasteiger partial charge in [-0.25, -0.2) is 0 Å². The van der Waals surface area contributed by atoms with E-state index in [2.05, 4.69) is 81.1 Å². The maximum atomic E-state index is 5.47. The normalized spacial score (nSPS) is 27.3. The summed E-state index contributed by atoms with van der Waals surface area (Å²) in [4.78, 5) is 0. The Hall–Kier alpha value is -2.78. The molecule has 2 aromatic rings. The van der Waals surface area contributed by atoms with Crippen molar-refractivity contribution in [2.75, 3.05) is 14.2 Å². The van der Waals surface area contributed by atoms with Crippen molar-refractivity contribution in [2.45, 2.75) is 94.7 Å². The van der Waals surface area contributed by atoms with Crippen molar-refractivity contribution in [3.8, 4) is 11.5 Å². The zero-order chi connectivity index (χ0) is 27.8. The molecule has 0 fully saturated rings. The van der Waals surface area contributed by atoms with Crippen LogP contribution in [0.25, 0.3) is 0 Å². The lowest BCUT2D eigenvalue weighted by Gasteiger charge is -2.32. The number of methoxy groups -OCH3 is 2. The van der Waals surface area contributed by atoms with E-state index in [1.54, 1.807) is 47.7 Å². The van der Waals surface area contributed by atoms with Crippen LogP contribution in [0.2, 0.25) is 17.6 Å². The topological polar surface area (TPSA) is 18.5 Å². The third-order valence-corrected chi connectivity index (χ3v) is 14.4. The molecule has 2 nitrogen and oxygen atoms in total. The molecular weight excluding hydrogens is 504 g/mol. The Labute approximate surface area is 243 Å². The Morgan fingerprint density at radius 1 is 0.600 bits per heavy atom. The van der Waals surface area contributed by atoms with Crippen molar-refractivity contribution in [1.82, 2.24) is 0 Å². The van der Waals surface area contributed by atoms with Gasteiger partial charge in [0.05, 0.1) is 23.0 Å². The van der Waals surface area contributed by atoms with Gasteiger partial charge in [0, 0.05) is 11.8 Å². The van der Waals surface area contributed by atoms with Crippen molar-refractivity contribution in [2.24, 2.45) is 0 Å². The average molecular weight is 551 g/mol. The van der Waals surface area contributed by atoms with E-state index in [1.165, 1.54) is 62.5 Å². The van der Waals surface area contributed by atoms with Gasteiger partial charge in [0.1, 0.15) is 11.5 Å². The van der Waals surface area contributed by atoms with Crippen LogP contribution in [-0.4, -0.2) is 23.0 Å². The minimum atomic E-state index is -1.21. The first-order chi connectivity index (χ1) is 19.5. The lowest BCUT2D eigenvalue weighted by atomic mass is 9.87. The molecule has 0 amide bonds. The van der Waals surface area contributed by atoms with E-state index in [9.17, 15) is 0 Å². The van der Waals surface area contributed by atoms with Gasteiger partial charge in [0.2, 0.25) is 0 Å². The minimum Gasteiger partial charge on any atom is -0.497 e. The van der Waals surface area contributed by atoms with Crippen LogP contribution in [0.5, 0.6) is 11.5 Å². The number of hydrogen-bond acceptors (Lipinski definition) is 2. The summed E-state index contributed by atoms with van der Waals surface area (Å²) in [6.45, 7) is 7.60. The van der Waals surface area contributed by atoms with E-state index in [0.717, 1.165) is 11.5 Å². The molecule has 0 saturated heterocycles. The first kappa shape index (κ1) is 27.4. The van der Waals surface area contributed by atoms with Gasteiger partial charge in [-0.1, -0.05) is 78.1 Å². The summed E-state index contributed by atoms with van der Waals surface area (Å²) in [5.74, 6) is 2.95. The molecule has 40 heavy (non-hydrogen) atoms. The Morgan fingerprint density at radius 3 is 1.38 bits per heavy atom. The van der Waals surface area contributed by atoms with Crippen LogP contribution < -0.4 is 9.47 Å². The molecule has 0 radical (unpaired) electrons. The fraction of sp³-hybridized carbons (Fsp3) is 0.459. The van der Waals surface area contributed by atoms with Gasteiger partial charge in [-0.3, -0.25) is 0 Å². The summed E-state index contributed by atoms with van der Waals surface area (Å²) in [6.07, 6.45) is 15.6. The maximum absolute atomic E-state index is 5.47. The highest BCUT2D eigenvalue weighted by atomic mass is 28.3. The van der Waals surface area contributed by atoms with E-state index in [4.69, 9.17) is 9.47 Å². The molecule has 4 atom stereocenters. The fourth-order valence-electron chi connectivity index (χ4n) is 8.67. The zero-order valence-electron chi connectivity index (χ0n) is 25.1. The third kappa shape index (κ3) is 4.96. The lowest BCUT2D eigenvalue weighted by molar-refractivity contribution is 0.414. The van der Waals surface area contributed by atoms with Gasteiger partial charge in [-0.15, -0.1) is 0 Å². The number of rotatable bonds is 6. The predicted octanol–water partition coefficient (Wildman–Crippen LogP) is 9.83. The fourth-order valence-corrected chi connectivity index (χ4v) is 12.9. The molecule has 6 rings (SSSR count). The molecule has 4 aliphatic rings. The molecule has 0 aromatic heterocycles. The molecule has 0 N–H and O–H groups in total. The molecule has 0 aliphatic heterocycles. The Kier molecular flexibility index (Phi) is 7.95. The molecule has 0 heterocycles. The Morgan fingerprint density at radius 2 is 1.00 bits per heavy atom. The quantitative estimate of drug-likeness (QED) is 0.333. The number of hydrogen-bond donors (Lipinski definition) is 0. The number of benzene rings is 2. The van der Waals surface area contributed by atoms with Crippen molar-refractivity contribution < 1.29 is 9.47 Å². The van der Waals surface area contributed by atoms with Crippen LogP contribution in [0.1, 0.15) is 88.2 Å². The van der Waals surface area contributed by atoms with Crippen LogP contribution >= 0.6 is 0 Å². The molecule has 4 unspecified atom stereocenters. The summed E-state index contributed by atoms with van der Waals surface area (Å²) in [5.41, 5.74) is 14.5. The first-order valence-electron chi connectivity index (χ1n) is 15.6. The van der Waals surface area contributed by atoms with E-state index >= 15 is 0 Å². The van der Waals surface area contributed by atoms with Crippen LogP contribution in [0.3, 0.4) is 0 Å². The van der Waals surface area contributed by atoms with E-state index in [1.807, 2.05) is 0 Å². The largest absolute Gasteiger partial charge is 0.497 e. The van der Waals surface area contributed by atoms with Crippen molar-refractivity contribution in [1.29, 1.82) is 0 Å². The molecule has 0 saturated carbocycles. The van der Waals surface area contributed by atoms with Gasteiger partial charge in [0.15, 0.2) is 0 Å². The van der Waals surface area contributed by atoms with Crippen LogP contribution in [0, 0.1) is 0 Å². The standard InChI is InChI=1S/C37H46O2Si/c1-24-22-34-30(26-14-18-28(38-3)19-15-26)10-6-8-12-32(34)36(24)40(5)37-25(2)23-35-31(11-7-9-13-33(35)37)27-16-20-29(39-4)21-17-27/h14-23,30-31,36-37,40H,6-13H2,1-5H3. The van der Waals surface area contributed by atoms with Gasteiger partial charge in [0.25, 0.3) is 0 Å². The molecule has 2 aromatic carbocycles. The maximum Gasteiger partial charge on any atom is 0.118 e. The summed E-state index contributed by atoms with van der Waals surface area (Å²) in [5, 5.41) is 0. The first-order valence-corrected chi connectivity index (χ1v) is 18.1. The van der Waals surface area contributed by atoms with Crippen LogP contribution in [0.15, 0.2) is 94.1 Å². The second kappa shape index (κ2) is 11.6. The summed E-state index contributed by atoms with van der Waals surface area (Å²) >= 11 is 0. The summed E-state index contributed by atoms with van der Waals surface area (Å²) in [6, 6.07) is 17.8. The highest BCUT2D eigenvalue weighted by Gasteiger charge is 2.42. The Balaban J connectivity index is 1.33. The highest BCUT2D eigenvalue weighted by molar-refractivity contribution is 6.64. The number of ether oxygens (including phenoxy) is 2. The molecule has 0 bridgehead atoms. The highest BCUT2D eigenvalue weighted by Crippen LogP contribution is 2.56. The lowest BCUT2D eigenvalue weighted by Crippen LogP contribution is -2.26. The molecule has 0 spiro atoms. The molecular formula is C37H46O2Si. The summed E-state index contributed by atoms with van der Waals surface area (Å²) < 4.78 is 10.9. The van der Waals surface area contributed by atoms with E-state index in [0.29, 0.717) is 22.9 Å². The minimum absolute atomic E-state index is 0.525. The third-order valence-electron chi connectivity index (χ3n) is 10.5. The second-order valence-electron chi connectivity index (χ2n) is 12.7. The average Bonchev–Trinajstić information content (AvgIpc) is 3.29. The number of allylic oxidation sites excluding steroid dienone is 8. The second-order valence-corrected chi connectivity index (χ2v) is 15.7. The van der Waals surface area contributed by atoms with Crippen LogP contribution in [0.4, 0.5) is 0 Å². The molecule has 210 valence electrons. The SMILES string of the molecule is COc1ccc(C2CCCCC3=C2C=C(C)C3[SiH](C)C2C(C)=CC3=C2CCCCC3c2ccc(OC)cc2)cc1. The molecule has 4 aliphatic carbocycles. The van der Waals surface area contributed by atoms with Crippen molar-refractivity contribution in [3.63, 3.8) is 0 Å². The van der Waals surface area contributed by atoms with Crippen LogP contribution in [-0.2, 0) is 0 Å². The van der Waals surface area contributed by atoms with Crippen molar-refractivity contribution >= 4 is 8.80 Å². The van der Waals surface area contributed by atoms with E-state index < -0.39 is 8.80 Å². The Bertz CT molecular complexity index is 1250. The smallest absolute Gasteiger partial charge is 0.118 e. The van der Waals surface area contributed by atoms with Crippen molar-refractivity contribution in [3.05, 3.63) is 105 Å².